The molecule has 2 atom stereocenters. The lowest BCUT2D eigenvalue weighted by molar-refractivity contribution is -0.535. The smallest absolute Gasteiger partial charge is 0.305 e. The minimum absolute atomic E-state index is 0.191. The van der Waals surface area contributed by atoms with Crippen molar-refractivity contribution in [2.24, 2.45) is 0 Å². The summed E-state index contributed by atoms with van der Waals surface area (Å²) in [5, 5.41) is 21.2. The number of nitro groups is 1. The Morgan fingerprint density at radius 1 is 0.960 bits per heavy atom. The van der Waals surface area contributed by atoms with Crippen LogP contribution < -0.4 is 0 Å². The van der Waals surface area contributed by atoms with Crippen LogP contribution in [-0.4, -0.2) is 35.3 Å². The molecule has 0 saturated heterocycles. The van der Waals surface area contributed by atoms with Gasteiger partial charge in [-0.15, -0.1) is 0 Å². The van der Waals surface area contributed by atoms with E-state index >= 15 is 0 Å². The van der Waals surface area contributed by atoms with Gasteiger partial charge in [-0.25, -0.2) is 0 Å². The van der Waals surface area contributed by atoms with Crippen LogP contribution in [0, 0.1) is 10.1 Å². The summed E-state index contributed by atoms with van der Waals surface area (Å²) in [7, 11) is 1.31. The Balaban J connectivity index is 3.75. The van der Waals surface area contributed by atoms with E-state index in [0.717, 1.165) is 19.3 Å². The number of aliphatic hydroxyl groups excluding tert-OH is 1. The van der Waals surface area contributed by atoms with Gasteiger partial charge in [0.05, 0.1) is 7.11 Å². The zero-order chi connectivity index (χ0) is 18.9. The van der Waals surface area contributed by atoms with Crippen molar-refractivity contribution < 1.29 is 19.6 Å². The molecule has 6 heteroatoms. The predicted molar refractivity (Wildman–Crippen MR) is 99.1 cm³/mol. The van der Waals surface area contributed by atoms with E-state index in [1.54, 1.807) is 0 Å². The van der Waals surface area contributed by atoms with Gasteiger partial charge < -0.3 is 9.84 Å². The molecule has 0 aromatic rings. The molecule has 0 aliphatic carbocycles. The second kappa shape index (κ2) is 16.3. The Labute approximate surface area is 152 Å². The first-order valence-electron chi connectivity index (χ1n) is 9.91. The molecule has 0 aliphatic heterocycles. The maximum atomic E-state index is 11.1. The van der Waals surface area contributed by atoms with Crippen molar-refractivity contribution in [3.8, 4) is 0 Å². The van der Waals surface area contributed by atoms with Crippen molar-refractivity contribution in [1.82, 2.24) is 0 Å². The second-order valence-electron chi connectivity index (χ2n) is 6.86. The number of esters is 1. The monoisotopic (exact) mass is 359 g/mol. The predicted octanol–water partition coefficient (Wildman–Crippen LogP) is 4.65. The molecular weight excluding hydrogens is 322 g/mol. The van der Waals surface area contributed by atoms with Crippen LogP contribution in [0.3, 0.4) is 0 Å². The third-order valence-corrected chi connectivity index (χ3v) is 4.68. The molecule has 0 heterocycles. The lowest BCUT2D eigenvalue weighted by atomic mass is 9.98. The number of aliphatic hydroxyl groups is 1. The van der Waals surface area contributed by atoms with Crippen molar-refractivity contribution in [2.75, 3.05) is 7.11 Å². The maximum absolute atomic E-state index is 11.1. The molecular formula is C19H37NO5. The number of unbranched alkanes of at least 4 members (excludes halogenated alkanes) is 9. The quantitative estimate of drug-likeness (QED) is 0.177. The third kappa shape index (κ3) is 13.8. The van der Waals surface area contributed by atoms with E-state index in [1.807, 2.05) is 0 Å². The van der Waals surface area contributed by atoms with Crippen LogP contribution >= 0.6 is 0 Å². The molecule has 0 radical (unpaired) electrons. The molecule has 0 bridgehead atoms. The van der Waals surface area contributed by atoms with Gasteiger partial charge in [0.1, 0.15) is 6.10 Å². The first kappa shape index (κ1) is 23.8. The molecule has 6 nitrogen and oxygen atoms in total. The zero-order valence-electron chi connectivity index (χ0n) is 16.1. The molecule has 1 N–H and O–H groups in total. The molecule has 25 heavy (non-hydrogen) atoms. The average molecular weight is 360 g/mol. The van der Waals surface area contributed by atoms with Crippen molar-refractivity contribution >= 4 is 5.97 Å². The fraction of sp³-hybridized carbons (Fsp3) is 0.947. The SMILES string of the molecule is CCCCCCCCCCCCC(C(O)CCCC(=O)OC)[N+](=O)[O-]. The molecule has 0 aromatic carbocycles. The number of carbonyl (C=O) groups excluding carboxylic acids is 1. The van der Waals surface area contributed by atoms with Crippen LogP contribution in [0.4, 0.5) is 0 Å². The lowest BCUT2D eigenvalue weighted by Crippen LogP contribution is -2.33. The molecule has 2 unspecified atom stereocenters. The minimum atomic E-state index is -0.988. The van der Waals surface area contributed by atoms with E-state index in [4.69, 9.17) is 0 Å². The molecule has 0 aliphatic rings. The van der Waals surface area contributed by atoms with Crippen molar-refractivity contribution in [2.45, 2.75) is 109 Å². The topological polar surface area (TPSA) is 89.7 Å². The van der Waals surface area contributed by atoms with Crippen molar-refractivity contribution in [1.29, 1.82) is 0 Å². The zero-order valence-corrected chi connectivity index (χ0v) is 16.1. The lowest BCUT2D eigenvalue weighted by Gasteiger charge is -2.15. The number of nitrogens with zero attached hydrogens (tertiary/aromatic N) is 1. The van der Waals surface area contributed by atoms with E-state index in [-0.39, 0.29) is 23.7 Å². The van der Waals surface area contributed by atoms with Crippen LogP contribution in [-0.2, 0) is 9.53 Å². The fourth-order valence-electron chi connectivity index (χ4n) is 3.03. The van der Waals surface area contributed by atoms with Gasteiger partial charge >= 0.3 is 5.97 Å². The number of hydrogen-bond donors (Lipinski definition) is 1. The van der Waals surface area contributed by atoms with Gasteiger partial charge in [-0.2, -0.15) is 0 Å². The average Bonchev–Trinajstić information content (AvgIpc) is 2.59. The van der Waals surface area contributed by atoms with Gasteiger partial charge in [0.2, 0.25) is 6.04 Å². The normalized spacial score (nSPS) is 13.4. The second-order valence-corrected chi connectivity index (χ2v) is 6.86. The van der Waals surface area contributed by atoms with E-state index in [9.17, 15) is 20.0 Å². The van der Waals surface area contributed by atoms with Gasteiger partial charge in [-0.1, -0.05) is 64.7 Å². The first-order chi connectivity index (χ1) is 12.0. The van der Waals surface area contributed by atoms with Crippen LogP contribution in [0.15, 0.2) is 0 Å². The molecule has 0 aromatic heterocycles. The van der Waals surface area contributed by atoms with Crippen LogP contribution in [0.5, 0.6) is 0 Å². The summed E-state index contributed by atoms with van der Waals surface area (Å²) < 4.78 is 4.52. The maximum Gasteiger partial charge on any atom is 0.305 e. The van der Waals surface area contributed by atoms with E-state index in [1.165, 1.54) is 52.1 Å². The van der Waals surface area contributed by atoms with Crippen LogP contribution in [0.25, 0.3) is 0 Å². The Morgan fingerprint density at radius 2 is 1.48 bits per heavy atom. The minimum Gasteiger partial charge on any atom is -0.469 e. The van der Waals surface area contributed by atoms with Gasteiger partial charge in [0.15, 0.2) is 0 Å². The van der Waals surface area contributed by atoms with Crippen LogP contribution in [0.1, 0.15) is 96.8 Å². The van der Waals surface area contributed by atoms with Crippen molar-refractivity contribution in [3.05, 3.63) is 10.1 Å². The van der Waals surface area contributed by atoms with Gasteiger partial charge in [0, 0.05) is 17.8 Å². The van der Waals surface area contributed by atoms with Crippen molar-refractivity contribution in [3.63, 3.8) is 0 Å². The summed E-state index contributed by atoms with van der Waals surface area (Å²) in [6.45, 7) is 2.22. The number of methoxy groups -OCH3 is 1. The highest BCUT2D eigenvalue weighted by Gasteiger charge is 2.28. The first-order valence-corrected chi connectivity index (χ1v) is 9.91. The molecule has 0 amide bonds. The molecule has 148 valence electrons. The number of carbonyl (C=O) groups is 1. The van der Waals surface area contributed by atoms with Gasteiger partial charge in [0.25, 0.3) is 0 Å². The van der Waals surface area contributed by atoms with Crippen LogP contribution in [0.2, 0.25) is 0 Å². The molecule has 0 saturated carbocycles. The number of hydrogen-bond acceptors (Lipinski definition) is 5. The summed E-state index contributed by atoms with van der Waals surface area (Å²) in [6.07, 6.45) is 12.1. The molecule has 0 spiro atoms. The van der Waals surface area contributed by atoms with E-state index < -0.39 is 12.1 Å². The highest BCUT2D eigenvalue weighted by Crippen LogP contribution is 2.16. The van der Waals surface area contributed by atoms with E-state index in [2.05, 4.69) is 11.7 Å². The highest BCUT2D eigenvalue weighted by molar-refractivity contribution is 5.68. The van der Waals surface area contributed by atoms with Gasteiger partial charge in [-0.05, 0) is 19.3 Å². The number of ether oxygens (including phenoxy) is 1. The molecule has 0 fully saturated rings. The Hall–Kier alpha value is -1.17. The summed E-state index contributed by atoms with van der Waals surface area (Å²) in [4.78, 5) is 21.8. The van der Waals surface area contributed by atoms with Gasteiger partial charge in [-0.3, -0.25) is 14.9 Å². The summed E-state index contributed by atoms with van der Waals surface area (Å²) >= 11 is 0. The highest BCUT2D eigenvalue weighted by atomic mass is 16.6. The standard InChI is InChI=1S/C19H37NO5/c1-3-4-5-6-7-8-9-10-11-12-14-17(20(23)24)18(21)15-13-16-19(22)25-2/h17-18,21H,3-16H2,1-2H3. The fourth-order valence-corrected chi connectivity index (χ4v) is 3.03. The summed E-state index contributed by atoms with van der Waals surface area (Å²) in [5.41, 5.74) is 0. The summed E-state index contributed by atoms with van der Waals surface area (Å²) in [6, 6.07) is -0.924. The Morgan fingerprint density at radius 3 is 1.96 bits per heavy atom. The number of rotatable bonds is 17. The largest absolute Gasteiger partial charge is 0.469 e. The Bertz CT molecular complexity index is 349. The third-order valence-electron chi connectivity index (χ3n) is 4.68. The Kier molecular flexibility index (Phi) is 15.5. The molecule has 0 rings (SSSR count). The summed E-state index contributed by atoms with van der Waals surface area (Å²) in [5.74, 6) is -0.348. The van der Waals surface area contributed by atoms with E-state index in [0.29, 0.717) is 12.8 Å².